The fourth-order valence-corrected chi connectivity index (χ4v) is 4.18. The first-order valence-corrected chi connectivity index (χ1v) is 11.1. The average Bonchev–Trinajstić information content (AvgIpc) is 3.28. The van der Waals surface area contributed by atoms with Crippen molar-refractivity contribution in [2.75, 3.05) is 27.2 Å². The van der Waals surface area contributed by atoms with Crippen LogP contribution in [0.25, 0.3) is 11.4 Å². The number of carbonyl (C=O) groups is 1. The van der Waals surface area contributed by atoms with Gasteiger partial charge in [-0.1, -0.05) is 41.0 Å². The van der Waals surface area contributed by atoms with Crippen molar-refractivity contribution in [2.45, 2.75) is 25.9 Å². The summed E-state index contributed by atoms with van der Waals surface area (Å²) in [4.78, 5) is 21.5. The van der Waals surface area contributed by atoms with Gasteiger partial charge in [0.1, 0.15) is 5.75 Å². The van der Waals surface area contributed by atoms with Gasteiger partial charge in [-0.2, -0.15) is 4.98 Å². The topological polar surface area (TPSA) is 71.7 Å². The zero-order valence-electron chi connectivity index (χ0n) is 18.3. The summed E-state index contributed by atoms with van der Waals surface area (Å²) in [6.45, 7) is 2.82. The van der Waals surface area contributed by atoms with Gasteiger partial charge < -0.3 is 14.2 Å². The van der Waals surface area contributed by atoms with E-state index in [4.69, 9.17) is 20.9 Å². The highest BCUT2D eigenvalue weighted by Crippen LogP contribution is 2.23. The van der Waals surface area contributed by atoms with Gasteiger partial charge in [-0.05, 0) is 55.8 Å². The Kier molecular flexibility index (Phi) is 7.07. The smallest absolute Gasteiger partial charge is 0.241 e. The molecule has 1 saturated heterocycles. The van der Waals surface area contributed by atoms with E-state index in [1.807, 2.05) is 60.5 Å². The van der Waals surface area contributed by atoms with E-state index in [1.165, 1.54) is 0 Å². The lowest BCUT2D eigenvalue weighted by molar-refractivity contribution is -0.136. The normalized spacial score (nSPS) is 15.0. The first-order chi connectivity index (χ1) is 15.5. The molecule has 0 aliphatic carbocycles. The van der Waals surface area contributed by atoms with Crippen molar-refractivity contribution >= 4 is 17.5 Å². The third-order valence-corrected chi connectivity index (χ3v) is 6.04. The number of aromatic nitrogens is 2. The summed E-state index contributed by atoms with van der Waals surface area (Å²) in [5.41, 5.74) is 1.92. The third-order valence-electron chi connectivity index (χ3n) is 5.80. The molecule has 1 fully saturated rings. The monoisotopic (exact) mass is 454 g/mol. The Bertz CT molecular complexity index is 1050. The predicted octanol–water partition coefficient (Wildman–Crippen LogP) is 4.27. The lowest BCUT2D eigenvalue weighted by Gasteiger charge is -2.32. The molecule has 7 nitrogen and oxygen atoms in total. The van der Waals surface area contributed by atoms with E-state index >= 15 is 0 Å². The third kappa shape index (κ3) is 5.47. The maximum absolute atomic E-state index is 12.9. The van der Waals surface area contributed by atoms with Crippen LogP contribution in [0.15, 0.2) is 53.1 Å². The molecule has 1 amide bonds. The number of rotatable bonds is 7. The fraction of sp³-hybridized carbons (Fsp3) is 0.375. The Hall–Kier alpha value is -2.90. The van der Waals surface area contributed by atoms with Crippen LogP contribution in [0.1, 0.15) is 24.3 Å². The molecular formula is C24H27ClN4O3. The molecule has 168 valence electrons. The summed E-state index contributed by atoms with van der Waals surface area (Å²) in [6, 6.07) is 15.2. The van der Waals surface area contributed by atoms with Gasteiger partial charge in [-0.15, -0.1) is 0 Å². The minimum Gasteiger partial charge on any atom is -0.497 e. The molecule has 0 unspecified atom stereocenters. The Morgan fingerprint density at radius 3 is 2.66 bits per heavy atom. The molecule has 0 N–H and O–H groups in total. The van der Waals surface area contributed by atoms with Gasteiger partial charge in [-0.25, -0.2) is 0 Å². The number of hydrogen-bond donors (Lipinski definition) is 0. The molecule has 0 bridgehead atoms. The molecule has 1 aliphatic rings. The second kappa shape index (κ2) is 10.1. The summed E-state index contributed by atoms with van der Waals surface area (Å²) >= 11 is 6.05. The van der Waals surface area contributed by atoms with Crippen molar-refractivity contribution in [1.29, 1.82) is 0 Å². The molecule has 0 atom stereocenters. The van der Waals surface area contributed by atoms with E-state index in [0.717, 1.165) is 42.8 Å². The standard InChI is InChI=1S/C24H27ClN4O3/c1-28(15-17-6-8-21(31-2)9-7-17)24(30)18-10-12-29(13-11-18)16-22-26-23(27-32-22)19-4-3-5-20(25)14-19/h3-9,14,18H,10-13,15-16H2,1-2H3. The van der Waals surface area contributed by atoms with Crippen LogP contribution >= 0.6 is 11.6 Å². The second-order valence-corrected chi connectivity index (χ2v) is 8.55. The van der Waals surface area contributed by atoms with Gasteiger partial charge >= 0.3 is 0 Å². The lowest BCUT2D eigenvalue weighted by atomic mass is 9.95. The van der Waals surface area contributed by atoms with Crippen LogP contribution < -0.4 is 4.74 Å². The van der Waals surface area contributed by atoms with Crippen LogP contribution in [-0.2, 0) is 17.9 Å². The average molecular weight is 455 g/mol. The van der Waals surface area contributed by atoms with Gasteiger partial charge in [0.15, 0.2) is 0 Å². The SMILES string of the molecule is COc1ccc(CN(C)C(=O)C2CCN(Cc3nc(-c4cccc(Cl)c4)no3)CC2)cc1. The maximum atomic E-state index is 12.9. The predicted molar refractivity (Wildman–Crippen MR) is 122 cm³/mol. The van der Waals surface area contributed by atoms with E-state index in [0.29, 0.717) is 29.8 Å². The van der Waals surface area contributed by atoms with E-state index < -0.39 is 0 Å². The molecule has 3 aromatic rings. The number of halogens is 1. The molecule has 8 heteroatoms. The van der Waals surface area contributed by atoms with Crippen molar-refractivity contribution in [2.24, 2.45) is 5.92 Å². The summed E-state index contributed by atoms with van der Waals surface area (Å²) in [6.07, 6.45) is 1.64. The van der Waals surface area contributed by atoms with Gasteiger partial charge in [0.05, 0.1) is 13.7 Å². The summed E-state index contributed by atoms with van der Waals surface area (Å²) in [5.74, 6) is 2.16. The molecule has 0 spiro atoms. The number of likely N-dealkylation sites (tertiary alicyclic amines) is 1. The van der Waals surface area contributed by atoms with E-state index in [2.05, 4.69) is 15.0 Å². The van der Waals surface area contributed by atoms with E-state index in [1.54, 1.807) is 7.11 Å². The van der Waals surface area contributed by atoms with Gasteiger partial charge in [0.25, 0.3) is 0 Å². The van der Waals surface area contributed by atoms with Crippen LogP contribution in [0.3, 0.4) is 0 Å². The Balaban J connectivity index is 1.27. The van der Waals surface area contributed by atoms with Crippen molar-refractivity contribution in [3.63, 3.8) is 0 Å². The quantitative estimate of drug-likeness (QED) is 0.531. The van der Waals surface area contributed by atoms with Gasteiger partial charge in [0, 0.05) is 30.1 Å². The molecule has 1 aliphatic heterocycles. The number of ether oxygens (including phenoxy) is 1. The highest BCUT2D eigenvalue weighted by molar-refractivity contribution is 6.30. The highest BCUT2D eigenvalue weighted by atomic mass is 35.5. The minimum atomic E-state index is 0.0409. The molecule has 1 aromatic heterocycles. The Morgan fingerprint density at radius 2 is 1.97 bits per heavy atom. The van der Waals surface area contributed by atoms with E-state index in [9.17, 15) is 4.79 Å². The largest absolute Gasteiger partial charge is 0.497 e. The van der Waals surface area contributed by atoms with E-state index in [-0.39, 0.29) is 11.8 Å². The number of methoxy groups -OCH3 is 1. The molecule has 4 rings (SSSR count). The van der Waals surface area contributed by atoms with Crippen LogP contribution in [0.4, 0.5) is 0 Å². The second-order valence-electron chi connectivity index (χ2n) is 8.11. The van der Waals surface area contributed by atoms with Crippen molar-refractivity contribution in [3.05, 3.63) is 65.0 Å². The fourth-order valence-electron chi connectivity index (χ4n) is 3.99. The summed E-state index contributed by atoms with van der Waals surface area (Å²) < 4.78 is 10.6. The zero-order valence-corrected chi connectivity index (χ0v) is 19.1. The first-order valence-electron chi connectivity index (χ1n) is 10.7. The van der Waals surface area contributed by atoms with Crippen LogP contribution in [0, 0.1) is 5.92 Å². The van der Waals surface area contributed by atoms with Crippen molar-refractivity contribution in [1.82, 2.24) is 19.9 Å². The molecule has 32 heavy (non-hydrogen) atoms. The van der Waals surface area contributed by atoms with Gasteiger partial charge in [-0.3, -0.25) is 9.69 Å². The summed E-state index contributed by atoms with van der Waals surface area (Å²) in [5, 5.41) is 4.71. The van der Waals surface area contributed by atoms with Crippen molar-refractivity contribution in [3.8, 4) is 17.1 Å². The lowest BCUT2D eigenvalue weighted by Crippen LogP contribution is -2.40. The Labute approximate surface area is 192 Å². The molecule has 2 heterocycles. The molecule has 0 saturated carbocycles. The highest BCUT2D eigenvalue weighted by Gasteiger charge is 2.28. The number of benzene rings is 2. The summed E-state index contributed by atoms with van der Waals surface area (Å²) in [7, 11) is 3.52. The maximum Gasteiger partial charge on any atom is 0.241 e. The molecule has 2 aromatic carbocycles. The van der Waals surface area contributed by atoms with Gasteiger partial charge in [0.2, 0.25) is 17.6 Å². The zero-order chi connectivity index (χ0) is 22.5. The number of nitrogens with zero attached hydrogens (tertiary/aromatic N) is 4. The van der Waals surface area contributed by atoms with Crippen LogP contribution in [0.5, 0.6) is 5.75 Å². The number of carbonyl (C=O) groups excluding carboxylic acids is 1. The number of amides is 1. The number of piperidine rings is 1. The molecule has 0 radical (unpaired) electrons. The van der Waals surface area contributed by atoms with Crippen molar-refractivity contribution < 1.29 is 14.1 Å². The first kappa shape index (κ1) is 22.3. The molecular weight excluding hydrogens is 428 g/mol. The minimum absolute atomic E-state index is 0.0409. The number of hydrogen-bond acceptors (Lipinski definition) is 6. The van der Waals surface area contributed by atoms with Crippen LogP contribution in [-0.4, -0.2) is 53.1 Å². The van der Waals surface area contributed by atoms with Crippen LogP contribution in [0.2, 0.25) is 5.02 Å². The Morgan fingerprint density at radius 1 is 1.22 bits per heavy atom.